The Hall–Kier alpha value is -1.16. The third kappa shape index (κ3) is 2.64. The highest BCUT2D eigenvalue weighted by Gasteiger charge is 2.22. The smallest absolute Gasteiger partial charge is 0.159 e. The Morgan fingerprint density at radius 3 is 2.78 bits per heavy atom. The number of aromatic nitrogens is 2. The minimum absolute atomic E-state index is 0.0121. The molecule has 0 fully saturated rings. The topological polar surface area (TPSA) is 47.0 Å². The number of fused-ring (bicyclic) bond motifs is 1. The molecule has 1 unspecified atom stereocenters. The number of nitrogens with one attached hydrogen (secondary N) is 1. The van der Waals surface area contributed by atoms with Gasteiger partial charge in [0.15, 0.2) is 5.82 Å². The molecule has 0 saturated heterocycles. The van der Waals surface area contributed by atoms with Crippen molar-refractivity contribution in [2.75, 3.05) is 19.0 Å². The Labute approximate surface area is 109 Å². The van der Waals surface area contributed by atoms with Crippen LogP contribution in [0.5, 0.6) is 0 Å². The van der Waals surface area contributed by atoms with E-state index in [0.717, 1.165) is 43.9 Å². The van der Waals surface area contributed by atoms with Gasteiger partial charge in [-0.05, 0) is 32.1 Å². The van der Waals surface area contributed by atoms with Crippen molar-refractivity contribution in [3.8, 4) is 0 Å². The standard InChI is InChI=1S/C14H23N3O/c1-4-9-15-13-10-7-6-8-11(10)16-14(17-13)12(5-2)18-3/h12H,4-9H2,1-3H3,(H,15,16,17). The summed E-state index contributed by atoms with van der Waals surface area (Å²) < 4.78 is 5.45. The zero-order valence-electron chi connectivity index (χ0n) is 11.6. The molecule has 0 bridgehead atoms. The SMILES string of the molecule is CCCNc1nc(C(CC)OC)nc2c1CCC2. The summed E-state index contributed by atoms with van der Waals surface area (Å²) in [7, 11) is 1.73. The number of aryl methyl sites for hydroxylation is 1. The third-order valence-corrected chi connectivity index (χ3v) is 3.44. The van der Waals surface area contributed by atoms with Crippen LogP contribution in [0.3, 0.4) is 0 Å². The molecule has 0 amide bonds. The Balaban J connectivity index is 2.32. The van der Waals surface area contributed by atoms with Crippen LogP contribution in [-0.4, -0.2) is 23.6 Å². The molecule has 1 heterocycles. The van der Waals surface area contributed by atoms with Gasteiger partial charge >= 0.3 is 0 Å². The van der Waals surface area contributed by atoms with Gasteiger partial charge in [-0.3, -0.25) is 0 Å². The number of rotatable bonds is 6. The highest BCUT2D eigenvalue weighted by molar-refractivity contribution is 5.49. The van der Waals surface area contributed by atoms with Gasteiger partial charge in [-0.1, -0.05) is 13.8 Å². The predicted molar refractivity (Wildman–Crippen MR) is 72.9 cm³/mol. The molecular weight excluding hydrogens is 226 g/mol. The monoisotopic (exact) mass is 249 g/mol. The second kappa shape index (κ2) is 6.14. The zero-order chi connectivity index (χ0) is 13.0. The lowest BCUT2D eigenvalue weighted by Crippen LogP contribution is -2.13. The first kappa shape index (κ1) is 13.3. The van der Waals surface area contributed by atoms with Gasteiger partial charge in [0.1, 0.15) is 11.9 Å². The predicted octanol–water partition coefficient (Wildman–Crippen LogP) is 2.88. The molecule has 4 nitrogen and oxygen atoms in total. The van der Waals surface area contributed by atoms with Crippen molar-refractivity contribution < 1.29 is 4.74 Å². The van der Waals surface area contributed by atoms with Crippen molar-refractivity contribution in [1.29, 1.82) is 0 Å². The number of methoxy groups -OCH3 is 1. The van der Waals surface area contributed by atoms with Crippen molar-refractivity contribution in [3.63, 3.8) is 0 Å². The average Bonchev–Trinajstić information content (AvgIpc) is 2.85. The highest BCUT2D eigenvalue weighted by Crippen LogP contribution is 2.29. The Kier molecular flexibility index (Phi) is 4.53. The number of hydrogen-bond acceptors (Lipinski definition) is 4. The van der Waals surface area contributed by atoms with Crippen LogP contribution < -0.4 is 5.32 Å². The van der Waals surface area contributed by atoms with E-state index in [-0.39, 0.29) is 6.10 Å². The van der Waals surface area contributed by atoms with Crippen LogP contribution in [-0.2, 0) is 17.6 Å². The second-order valence-corrected chi connectivity index (χ2v) is 4.77. The van der Waals surface area contributed by atoms with Crippen molar-refractivity contribution in [1.82, 2.24) is 9.97 Å². The van der Waals surface area contributed by atoms with Gasteiger partial charge in [-0.2, -0.15) is 0 Å². The molecule has 0 saturated carbocycles. The Morgan fingerprint density at radius 2 is 2.11 bits per heavy atom. The first-order valence-corrected chi connectivity index (χ1v) is 6.96. The molecule has 1 atom stereocenters. The van der Waals surface area contributed by atoms with Gasteiger partial charge in [0.2, 0.25) is 0 Å². The molecule has 100 valence electrons. The lowest BCUT2D eigenvalue weighted by molar-refractivity contribution is 0.0925. The van der Waals surface area contributed by atoms with E-state index in [0.29, 0.717) is 0 Å². The van der Waals surface area contributed by atoms with Crippen molar-refractivity contribution in [2.24, 2.45) is 0 Å². The van der Waals surface area contributed by atoms with Gasteiger partial charge in [-0.25, -0.2) is 9.97 Å². The molecule has 1 N–H and O–H groups in total. The Morgan fingerprint density at radius 1 is 1.28 bits per heavy atom. The molecule has 1 aromatic rings. The van der Waals surface area contributed by atoms with E-state index >= 15 is 0 Å². The quantitative estimate of drug-likeness (QED) is 0.842. The summed E-state index contributed by atoms with van der Waals surface area (Å²) in [4.78, 5) is 9.36. The largest absolute Gasteiger partial charge is 0.373 e. The maximum Gasteiger partial charge on any atom is 0.159 e. The first-order valence-electron chi connectivity index (χ1n) is 6.96. The van der Waals surface area contributed by atoms with Crippen LogP contribution in [0.1, 0.15) is 56.3 Å². The highest BCUT2D eigenvalue weighted by atomic mass is 16.5. The van der Waals surface area contributed by atoms with E-state index < -0.39 is 0 Å². The normalized spacial score (nSPS) is 15.5. The molecule has 0 spiro atoms. The van der Waals surface area contributed by atoms with Crippen LogP contribution in [0.15, 0.2) is 0 Å². The molecule has 4 heteroatoms. The van der Waals surface area contributed by atoms with E-state index in [2.05, 4.69) is 29.1 Å². The summed E-state index contributed by atoms with van der Waals surface area (Å²) in [5, 5.41) is 3.43. The van der Waals surface area contributed by atoms with Crippen molar-refractivity contribution >= 4 is 5.82 Å². The van der Waals surface area contributed by atoms with E-state index in [4.69, 9.17) is 4.74 Å². The fourth-order valence-electron chi connectivity index (χ4n) is 2.44. The van der Waals surface area contributed by atoms with Crippen molar-refractivity contribution in [2.45, 2.75) is 52.1 Å². The number of nitrogens with zero attached hydrogens (tertiary/aromatic N) is 2. The van der Waals surface area contributed by atoms with Gasteiger partial charge in [-0.15, -0.1) is 0 Å². The van der Waals surface area contributed by atoms with Gasteiger partial charge in [0.25, 0.3) is 0 Å². The van der Waals surface area contributed by atoms with Crippen molar-refractivity contribution in [3.05, 3.63) is 17.1 Å². The summed E-state index contributed by atoms with van der Waals surface area (Å²) in [6, 6.07) is 0. The third-order valence-electron chi connectivity index (χ3n) is 3.44. The van der Waals surface area contributed by atoms with Gasteiger partial charge in [0.05, 0.1) is 0 Å². The van der Waals surface area contributed by atoms with Crippen LogP contribution in [0.4, 0.5) is 5.82 Å². The molecule has 0 aromatic carbocycles. The summed E-state index contributed by atoms with van der Waals surface area (Å²) in [6.07, 6.45) is 5.39. The first-order chi connectivity index (χ1) is 8.80. The number of ether oxygens (including phenoxy) is 1. The minimum Gasteiger partial charge on any atom is -0.373 e. The Bertz CT molecular complexity index is 402. The lowest BCUT2D eigenvalue weighted by Gasteiger charge is -2.16. The molecule has 0 aliphatic heterocycles. The van der Waals surface area contributed by atoms with Gasteiger partial charge < -0.3 is 10.1 Å². The molecule has 1 aliphatic carbocycles. The average molecular weight is 249 g/mol. The molecule has 0 radical (unpaired) electrons. The van der Waals surface area contributed by atoms with Crippen LogP contribution in [0.2, 0.25) is 0 Å². The van der Waals surface area contributed by atoms with E-state index in [1.807, 2.05) is 0 Å². The fraction of sp³-hybridized carbons (Fsp3) is 0.714. The molecular formula is C14H23N3O. The molecule has 1 aliphatic rings. The summed E-state index contributed by atoms with van der Waals surface area (Å²) in [5.41, 5.74) is 2.53. The summed E-state index contributed by atoms with van der Waals surface area (Å²) in [6.45, 7) is 5.23. The number of hydrogen-bond donors (Lipinski definition) is 1. The van der Waals surface area contributed by atoms with E-state index in [1.165, 1.54) is 17.7 Å². The van der Waals surface area contributed by atoms with Crippen LogP contribution in [0, 0.1) is 0 Å². The minimum atomic E-state index is 0.0121. The van der Waals surface area contributed by atoms with Crippen LogP contribution in [0.25, 0.3) is 0 Å². The maximum absolute atomic E-state index is 5.45. The lowest BCUT2D eigenvalue weighted by atomic mass is 10.2. The maximum atomic E-state index is 5.45. The second-order valence-electron chi connectivity index (χ2n) is 4.77. The zero-order valence-corrected chi connectivity index (χ0v) is 11.6. The van der Waals surface area contributed by atoms with Crippen LogP contribution >= 0.6 is 0 Å². The number of anilines is 1. The fourth-order valence-corrected chi connectivity index (χ4v) is 2.44. The molecule has 1 aromatic heterocycles. The van der Waals surface area contributed by atoms with Gasteiger partial charge in [0, 0.05) is 24.9 Å². The molecule has 18 heavy (non-hydrogen) atoms. The summed E-state index contributed by atoms with van der Waals surface area (Å²) >= 11 is 0. The van der Waals surface area contributed by atoms with E-state index in [9.17, 15) is 0 Å². The van der Waals surface area contributed by atoms with E-state index in [1.54, 1.807) is 7.11 Å². The molecule has 2 rings (SSSR count). The summed E-state index contributed by atoms with van der Waals surface area (Å²) in [5.74, 6) is 1.86.